The predicted octanol–water partition coefficient (Wildman–Crippen LogP) is 0.464. The number of aliphatic hydroxyl groups excluding tert-OH is 1. The summed E-state index contributed by atoms with van der Waals surface area (Å²) in [7, 11) is 0. The molecule has 1 unspecified atom stereocenters. The standard InChI is InChI=1S/C8H16BrNO2/c9-6-8(11)7-10-2-1-4-12-5-3-10/h8,11H,1-7H2. The molecule has 1 aliphatic heterocycles. The number of aliphatic hydroxyl groups is 1. The lowest BCUT2D eigenvalue weighted by molar-refractivity contribution is 0.115. The van der Waals surface area contributed by atoms with Gasteiger partial charge in [-0.25, -0.2) is 0 Å². The molecule has 0 bridgehead atoms. The molecule has 12 heavy (non-hydrogen) atoms. The third-order valence-corrected chi connectivity index (χ3v) is 2.71. The fourth-order valence-corrected chi connectivity index (χ4v) is 1.53. The van der Waals surface area contributed by atoms with Crippen LogP contribution in [-0.4, -0.2) is 54.3 Å². The Morgan fingerprint density at radius 3 is 3.00 bits per heavy atom. The lowest BCUT2D eigenvalue weighted by Gasteiger charge is -2.21. The van der Waals surface area contributed by atoms with Crippen LogP contribution in [0.2, 0.25) is 0 Å². The molecule has 1 N–H and O–H groups in total. The molecule has 0 saturated carbocycles. The van der Waals surface area contributed by atoms with Crippen LogP contribution >= 0.6 is 15.9 Å². The summed E-state index contributed by atoms with van der Waals surface area (Å²) in [6.45, 7) is 4.42. The molecule has 0 aromatic rings. The van der Waals surface area contributed by atoms with Gasteiger partial charge in [-0.3, -0.25) is 4.90 Å². The Bertz CT molecular complexity index is 116. The number of halogens is 1. The van der Waals surface area contributed by atoms with Crippen LogP contribution in [-0.2, 0) is 4.74 Å². The first-order valence-corrected chi connectivity index (χ1v) is 5.49. The molecule has 1 fully saturated rings. The minimum atomic E-state index is -0.247. The van der Waals surface area contributed by atoms with Gasteiger partial charge in [0.2, 0.25) is 0 Å². The van der Waals surface area contributed by atoms with Crippen molar-refractivity contribution in [2.45, 2.75) is 12.5 Å². The average molecular weight is 238 g/mol. The van der Waals surface area contributed by atoms with Crippen LogP contribution in [0.1, 0.15) is 6.42 Å². The predicted molar refractivity (Wildman–Crippen MR) is 51.7 cm³/mol. The minimum Gasteiger partial charge on any atom is -0.391 e. The van der Waals surface area contributed by atoms with Crippen LogP contribution < -0.4 is 0 Å². The Kier molecular flexibility index (Phi) is 5.14. The van der Waals surface area contributed by atoms with Gasteiger partial charge in [-0.15, -0.1) is 0 Å². The Morgan fingerprint density at radius 1 is 1.42 bits per heavy atom. The summed E-state index contributed by atoms with van der Waals surface area (Å²) >= 11 is 3.25. The molecule has 0 aromatic carbocycles. The third kappa shape index (κ3) is 3.85. The van der Waals surface area contributed by atoms with E-state index in [4.69, 9.17) is 4.74 Å². The molecule has 1 aliphatic rings. The van der Waals surface area contributed by atoms with E-state index in [0.29, 0.717) is 5.33 Å². The second kappa shape index (κ2) is 5.91. The topological polar surface area (TPSA) is 32.7 Å². The highest BCUT2D eigenvalue weighted by Crippen LogP contribution is 2.01. The molecule has 4 heteroatoms. The van der Waals surface area contributed by atoms with Crippen molar-refractivity contribution in [3.05, 3.63) is 0 Å². The monoisotopic (exact) mass is 237 g/mol. The first-order valence-electron chi connectivity index (χ1n) is 4.37. The van der Waals surface area contributed by atoms with Crippen LogP contribution in [0, 0.1) is 0 Å². The summed E-state index contributed by atoms with van der Waals surface area (Å²) in [6.07, 6.45) is 0.831. The van der Waals surface area contributed by atoms with Crippen molar-refractivity contribution in [3.63, 3.8) is 0 Å². The van der Waals surface area contributed by atoms with Gasteiger partial charge in [0.05, 0.1) is 12.7 Å². The highest BCUT2D eigenvalue weighted by Gasteiger charge is 2.12. The first kappa shape index (κ1) is 10.4. The fourth-order valence-electron chi connectivity index (χ4n) is 1.33. The summed E-state index contributed by atoms with van der Waals surface area (Å²) in [6, 6.07) is 0. The zero-order valence-corrected chi connectivity index (χ0v) is 8.79. The van der Waals surface area contributed by atoms with Crippen molar-refractivity contribution >= 4 is 15.9 Å². The molecule has 1 rings (SSSR count). The quantitative estimate of drug-likeness (QED) is 0.725. The molecule has 1 heterocycles. The van der Waals surface area contributed by atoms with E-state index in [1.165, 1.54) is 0 Å². The molecule has 0 aliphatic carbocycles. The van der Waals surface area contributed by atoms with E-state index in [9.17, 15) is 5.11 Å². The summed E-state index contributed by atoms with van der Waals surface area (Å²) in [4.78, 5) is 2.25. The number of rotatable bonds is 3. The maximum Gasteiger partial charge on any atom is 0.0763 e. The number of nitrogens with zero attached hydrogens (tertiary/aromatic N) is 1. The van der Waals surface area contributed by atoms with Crippen molar-refractivity contribution in [1.29, 1.82) is 0 Å². The largest absolute Gasteiger partial charge is 0.391 e. The highest BCUT2D eigenvalue weighted by molar-refractivity contribution is 9.09. The maximum atomic E-state index is 9.37. The lowest BCUT2D eigenvalue weighted by Crippen LogP contribution is -2.34. The van der Waals surface area contributed by atoms with Gasteiger partial charge in [-0.2, -0.15) is 0 Å². The van der Waals surface area contributed by atoms with Crippen LogP contribution in [0.4, 0.5) is 0 Å². The smallest absolute Gasteiger partial charge is 0.0763 e. The summed E-state index contributed by atoms with van der Waals surface area (Å²) in [5.41, 5.74) is 0. The first-order chi connectivity index (χ1) is 5.83. The molecule has 0 aromatic heterocycles. The molecule has 0 radical (unpaired) electrons. The SMILES string of the molecule is OC(CBr)CN1CCCOCC1. The second-order valence-corrected chi connectivity index (χ2v) is 3.72. The number of β-amino-alcohol motifs (C(OH)–C–C–N with tert-alkyl or cyclic N) is 1. The molecule has 3 nitrogen and oxygen atoms in total. The normalized spacial score (nSPS) is 23.5. The van der Waals surface area contributed by atoms with Gasteiger partial charge < -0.3 is 9.84 Å². The number of hydrogen-bond acceptors (Lipinski definition) is 3. The number of hydrogen-bond donors (Lipinski definition) is 1. The van der Waals surface area contributed by atoms with Gasteiger partial charge >= 0.3 is 0 Å². The van der Waals surface area contributed by atoms with E-state index < -0.39 is 0 Å². The van der Waals surface area contributed by atoms with Crippen molar-refractivity contribution in [3.8, 4) is 0 Å². The maximum absolute atomic E-state index is 9.37. The molecular formula is C8H16BrNO2. The van der Waals surface area contributed by atoms with E-state index >= 15 is 0 Å². The highest BCUT2D eigenvalue weighted by atomic mass is 79.9. The van der Waals surface area contributed by atoms with Gasteiger partial charge in [0, 0.05) is 31.6 Å². The molecule has 72 valence electrons. The van der Waals surface area contributed by atoms with Crippen LogP contribution in [0.3, 0.4) is 0 Å². The Labute approximate surface area is 81.8 Å². The number of ether oxygens (including phenoxy) is 1. The molecule has 1 saturated heterocycles. The number of alkyl halides is 1. The third-order valence-electron chi connectivity index (χ3n) is 1.96. The fraction of sp³-hybridized carbons (Fsp3) is 1.00. The van der Waals surface area contributed by atoms with E-state index in [1.807, 2.05) is 0 Å². The summed E-state index contributed by atoms with van der Waals surface area (Å²) < 4.78 is 5.30. The van der Waals surface area contributed by atoms with E-state index in [-0.39, 0.29) is 6.10 Å². The summed E-state index contributed by atoms with van der Waals surface area (Å²) in [5, 5.41) is 10.0. The van der Waals surface area contributed by atoms with Crippen molar-refractivity contribution < 1.29 is 9.84 Å². The molecule has 0 spiro atoms. The van der Waals surface area contributed by atoms with E-state index in [0.717, 1.165) is 39.3 Å². The van der Waals surface area contributed by atoms with E-state index in [1.54, 1.807) is 0 Å². The van der Waals surface area contributed by atoms with Gasteiger partial charge in [-0.1, -0.05) is 15.9 Å². The molecule has 1 atom stereocenters. The Morgan fingerprint density at radius 2 is 2.25 bits per heavy atom. The summed E-state index contributed by atoms with van der Waals surface area (Å²) in [5.74, 6) is 0. The van der Waals surface area contributed by atoms with Crippen molar-refractivity contribution in [2.75, 3.05) is 38.2 Å². The average Bonchev–Trinajstić information content (AvgIpc) is 2.33. The van der Waals surface area contributed by atoms with Crippen molar-refractivity contribution in [1.82, 2.24) is 4.90 Å². The minimum absolute atomic E-state index is 0.247. The zero-order chi connectivity index (χ0) is 8.81. The Balaban J connectivity index is 2.20. The second-order valence-electron chi connectivity index (χ2n) is 3.07. The van der Waals surface area contributed by atoms with Gasteiger partial charge in [0.1, 0.15) is 0 Å². The van der Waals surface area contributed by atoms with Crippen LogP contribution in [0.25, 0.3) is 0 Å². The van der Waals surface area contributed by atoms with Gasteiger partial charge in [0.15, 0.2) is 0 Å². The Hall–Kier alpha value is 0.360. The van der Waals surface area contributed by atoms with Gasteiger partial charge in [0.25, 0.3) is 0 Å². The molecule has 0 amide bonds. The van der Waals surface area contributed by atoms with Crippen LogP contribution in [0.15, 0.2) is 0 Å². The van der Waals surface area contributed by atoms with E-state index in [2.05, 4.69) is 20.8 Å². The lowest BCUT2D eigenvalue weighted by atomic mass is 10.3. The van der Waals surface area contributed by atoms with Gasteiger partial charge in [-0.05, 0) is 6.42 Å². The van der Waals surface area contributed by atoms with Crippen molar-refractivity contribution in [2.24, 2.45) is 0 Å². The molecular weight excluding hydrogens is 222 g/mol. The zero-order valence-electron chi connectivity index (χ0n) is 7.21. The van der Waals surface area contributed by atoms with Crippen LogP contribution in [0.5, 0.6) is 0 Å².